The molecule has 1 saturated heterocycles. The second-order valence-electron chi connectivity index (χ2n) is 7.53. The van der Waals surface area contributed by atoms with Gasteiger partial charge in [-0.25, -0.2) is 0 Å². The highest BCUT2D eigenvalue weighted by atomic mass is 16.5. The molecule has 1 aliphatic heterocycles. The summed E-state index contributed by atoms with van der Waals surface area (Å²) in [6.07, 6.45) is 4.62. The molecule has 3 rings (SSSR count). The van der Waals surface area contributed by atoms with Gasteiger partial charge in [-0.15, -0.1) is 6.58 Å². The van der Waals surface area contributed by atoms with Crippen LogP contribution < -0.4 is 14.2 Å². The number of rotatable bonds is 11. The van der Waals surface area contributed by atoms with Crippen molar-refractivity contribution in [2.75, 3.05) is 34.0 Å². The van der Waals surface area contributed by atoms with E-state index in [2.05, 4.69) is 6.58 Å². The maximum absolute atomic E-state index is 13.1. The van der Waals surface area contributed by atoms with E-state index in [4.69, 9.17) is 18.9 Å². The Morgan fingerprint density at radius 3 is 2.74 bits per heavy atom. The van der Waals surface area contributed by atoms with Crippen LogP contribution >= 0.6 is 0 Å². The Morgan fingerprint density at radius 2 is 2.03 bits per heavy atom. The zero-order valence-corrected chi connectivity index (χ0v) is 18.3. The van der Waals surface area contributed by atoms with Crippen LogP contribution in [0.3, 0.4) is 0 Å². The van der Waals surface area contributed by atoms with Crippen LogP contribution in [0.1, 0.15) is 24.0 Å². The first-order valence-corrected chi connectivity index (χ1v) is 10.6. The van der Waals surface area contributed by atoms with Crippen molar-refractivity contribution in [3.05, 3.63) is 66.2 Å². The average molecular weight is 426 g/mol. The molecule has 1 aliphatic rings. The van der Waals surface area contributed by atoms with Gasteiger partial charge in [-0.3, -0.25) is 4.79 Å². The molecule has 1 heterocycles. The standard InChI is InChI=1S/C25H31NO5/c1-4-7-19-11-12-23(24(15-19)29-3)31-18-25(27)26(17-22-10-6-13-30-22)16-20-8-5-9-21(14-20)28-2/h4-5,8-9,11-12,14-15,22H,1,6-7,10,13,16-18H2,2-3H3. The van der Waals surface area contributed by atoms with Gasteiger partial charge in [0.15, 0.2) is 18.1 Å². The third-order valence-corrected chi connectivity index (χ3v) is 5.27. The number of nitrogens with zero attached hydrogens (tertiary/aromatic N) is 1. The second-order valence-corrected chi connectivity index (χ2v) is 7.53. The summed E-state index contributed by atoms with van der Waals surface area (Å²) < 4.78 is 22.4. The zero-order chi connectivity index (χ0) is 22.1. The monoisotopic (exact) mass is 425 g/mol. The molecule has 0 spiro atoms. The minimum atomic E-state index is -0.101. The number of carbonyl (C=O) groups is 1. The van der Waals surface area contributed by atoms with Crippen LogP contribution in [0.5, 0.6) is 17.2 Å². The molecule has 6 nitrogen and oxygen atoms in total. The van der Waals surface area contributed by atoms with Crippen molar-refractivity contribution in [2.45, 2.75) is 31.9 Å². The van der Waals surface area contributed by atoms with Gasteiger partial charge in [0.1, 0.15) is 5.75 Å². The van der Waals surface area contributed by atoms with Gasteiger partial charge in [-0.05, 0) is 54.7 Å². The summed E-state index contributed by atoms with van der Waals surface area (Å²) in [7, 11) is 3.23. The summed E-state index contributed by atoms with van der Waals surface area (Å²) in [5.74, 6) is 1.81. The Bertz CT molecular complexity index is 876. The Morgan fingerprint density at radius 1 is 1.16 bits per heavy atom. The number of ether oxygens (including phenoxy) is 4. The molecule has 6 heteroatoms. The fraction of sp³-hybridized carbons (Fsp3) is 0.400. The van der Waals surface area contributed by atoms with Crippen molar-refractivity contribution < 1.29 is 23.7 Å². The van der Waals surface area contributed by atoms with Crippen LogP contribution in [0.4, 0.5) is 0 Å². The van der Waals surface area contributed by atoms with Crippen molar-refractivity contribution in [3.8, 4) is 17.2 Å². The van der Waals surface area contributed by atoms with Crippen LogP contribution in [-0.2, 0) is 22.5 Å². The summed E-state index contributed by atoms with van der Waals surface area (Å²) in [4.78, 5) is 14.9. The molecule has 0 bridgehead atoms. The van der Waals surface area contributed by atoms with Crippen LogP contribution in [-0.4, -0.2) is 50.9 Å². The lowest BCUT2D eigenvalue weighted by Gasteiger charge is -2.26. The molecule has 0 N–H and O–H groups in total. The molecular weight excluding hydrogens is 394 g/mol. The van der Waals surface area contributed by atoms with Crippen LogP contribution in [0.25, 0.3) is 0 Å². The van der Waals surface area contributed by atoms with E-state index in [-0.39, 0.29) is 18.6 Å². The topological polar surface area (TPSA) is 57.2 Å². The number of benzene rings is 2. The first-order valence-electron chi connectivity index (χ1n) is 10.6. The molecule has 1 atom stereocenters. The van der Waals surface area contributed by atoms with Crippen LogP contribution in [0.15, 0.2) is 55.1 Å². The fourth-order valence-electron chi connectivity index (χ4n) is 3.64. The van der Waals surface area contributed by atoms with Gasteiger partial charge >= 0.3 is 0 Å². The quantitative estimate of drug-likeness (QED) is 0.509. The number of allylic oxidation sites excluding steroid dienone is 1. The zero-order valence-electron chi connectivity index (χ0n) is 18.3. The SMILES string of the molecule is C=CCc1ccc(OCC(=O)N(Cc2cccc(OC)c2)CC2CCCO2)c(OC)c1. The van der Waals surface area contributed by atoms with E-state index in [1.54, 1.807) is 19.1 Å². The number of amides is 1. The van der Waals surface area contributed by atoms with Crippen molar-refractivity contribution in [2.24, 2.45) is 0 Å². The number of carbonyl (C=O) groups excluding carboxylic acids is 1. The summed E-state index contributed by atoms with van der Waals surface area (Å²) in [6, 6.07) is 13.4. The Balaban J connectivity index is 1.69. The number of methoxy groups -OCH3 is 2. The maximum Gasteiger partial charge on any atom is 0.260 e. The molecule has 0 aromatic heterocycles. The van der Waals surface area contributed by atoms with E-state index in [0.717, 1.165) is 42.7 Å². The Hall–Kier alpha value is -2.99. The van der Waals surface area contributed by atoms with Gasteiger partial charge in [-0.1, -0.05) is 24.3 Å². The average Bonchev–Trinajstić information content (AvgIpc) is 3.31. The number of hydrogen-bond acceptors (Lipinski definition) is 5. The molecule has 2 aromatic rings. The molecule has 0 radical (unpaired) electrons. The van der Waals surface area contributed by atoms with Crippen molar-refractivity contribution in [1.29, 1.82) is 0 Å². The predicted octanol–water partition coefficient (Wildman–Crippen LogP) is 4.02. The minimum Gasteiger partial charge on any atom is -0.497 e. The van der Waals surface area contributed by atoms with Gasteiger partial charge in [0.25, 0.3) is 5.91 Å². The predicted molar refractivity (Wildman–Crippen MR) is 120 cm³/mol. The highest BCUT2D eigenvalue weighted by Gasteiger charge is 2.23. The molecular formula is C25H31NO5. The molecule has 0 saturated carbocycles. The van der Waals surface area contributed by atoms with E-state index >= 15 is 0 Å². The fourth-order valence-corrected chi connectivity index (χ4v) is 3.64. The summed E-state index contributed by atoms with van der Waals surface area (Å²) in [5.41, 5.74) is 2.07. The molecule has 1 fully saturated rings. The molecule has 31 heavy (non-hydrogen) atoms. The van der Waals surface area contributed by atoms with Crippen LogP contribution in [0.2, 0.25) is 0 Å². The van der Waals surface area contributed by atoms with Gasteiger partial charge in [0.2, 0.25) is 0 Å². The van der Waals surface area contributed by atoms with E-state index in [0.29, 0.717) is 24.6 Å². The highest BCUT2D eigenvalue weighted by molar-refractivity contribution is 5.78. The van der Waals surface area contributed by atoms with E-state index < -0.39 is 0 Å². The van der Waals surface area contributed by atoms with E-state index in [1.807, 2.05) is 48.5 Å². The van der Waals surface area contributed by atoms with Gasteiger partial charge in [0, 0.05) is 19.7 Å². The molecule has 2 aromatic carbocycles. The van der Waals surface area contributed by atoms with Crippen molar-refractivity contribution in [1.82, 2.24) is 4.90 Å². The molecule has 1 unspecified atom stereocenters. The molecule has 166 valence electrons. The normalized spacial score (nSPS) is 15.4. The third kappa shape index (κ3) is 6.49. The second kappa shape index (κ2) is 11.4. The van der Waals surface area contributed by atoms with Gasteiger partial charge < -0.3 is 23.8 Å². The van der Waals surface area contributed by atoms with Gasteiger partial charge in [-0.2, -0.15) is 0 Å². The Labute approximate surface area is 184 Å². The van der Waals surface area contributed by atoms with Gasteiger partial charge in [0.05, 0.1) is 20.3 Å². The lowest BCUT2D eigenvalue weighted by atomic mass is 10.1. The third-order valence-electron chi connectivity index (χ3n) is 5.27. The minimum absolute atomic E-state index is 0.0577. The van der Waals surface area contributed by atoms with E-state index in [1.165, 1.54) is 0 Å². The summed E-state index contributed by atoms with van der Waals surface area (Å²) in [6.45, 7) is 5.43. The van der Waals surface area contributed by atoms with Crippen molar-refractivity contribution in [3.63, 3.8) is 0 Å². The smallest absolute Gasteiger partial charge is 0.260 e. The Kier molecular flexibility index (Phi) is 8.35. The largest absolute Gasteiger partial charge is 0.497 e. The summed E-state index contributed by atoms with van der Waals surface area (Å²) in [5, 5.41) is 0. The van der Waals surface area contributed by atoms with E-state index in [9.17, 15) is 4.79 Å². The highest BCUT2D eigenvalue weighted by Crippen LogP contribution is 2.28. The summed E-state index contributed by atoms with van der Waals surface area (Å²) >= 11 is 0. The first kappa shape index (κ1) is 22.7. The maximum atomic E-state index is 13.1. The van der Waals surface area contributed by atoms with Crippen molar-refractivity contribution >= 4 is 5.91 Å². The number of hydrogen-bond donors (Lipinski definition) is 0. The first-order chi connectivity index (χ1) is 15.1. The lowest BCUT2D eigenvalue weighted by molar-refractivity contribution is -0.135. The molecule has 0 aliphatic carbocycles. The molecule has 1 amide bonds. The van der Waals surface area contributed by atoms with Crippen LogP contribution in [0, 0.1) is 0 Å². The lowest BCUT2D eigenvalue weighted by Crippen LogP contribution is -2.39.